The predicted octanol–water partition coefficient (Wildman–Crippen LogP) is 1.95. The fourth-order valence-corrected chi connectivity index (χ4v) is 4.51. The van der Waals surface area contributed by atoms with E-state index >= 15 is 0 Å². The molecule has 3 rings (SSSR count). The second-order valence-corrected chi connectivity index (χ2v) is 8.67. The molecule has 9 nitrogen and oxygen atoms in total. The number of ether oxygens (including phenoxy) is 1. The number of carbonyl (C=O) groups is 1. The molecule has 1 heterocycles. The normalized spacial score (nSPS) is 15.1. The monoisotopic (exact) mass is 437 g/mol. The van der Waals surface area contributed by atoms with Gasteiger partial charge in [0.25, 0.3) is 11.6 Å². The maximum Gasteiger partial charge on any atom is 0.272 e. The standard InChI is InChI=1S/C19H20FN3O6S/c1-14-12-16(4-7-18(14)23(25)26)29-13-19(24)21-8-10-22(11-9-21)30(27,28)17-5-2-15(20)3-6-17/h2-7,12H,8-11,13H2,1H3. The number of amides is 1. The van der Waals surface area contributed by atoms with E-state index in [1.54, 1.807) is 6.92 Å². The van der Waals surface area contributed by atoms with Crippen LogP contribution in [0.5, 0.6) is 5.75 Å². The van der Waals surface area contributed by atoms with Crippen LogP contribution in [0.3, 0.4) is 0 Å². The lowest BCUT2D eigenvalue weighted by Gasteiger charge is -2.34. The molecule has 0 bridgehead atoms. The number of nitrogens with zero attached hydrogens (tertiary/aromatic N) is 3. The number of halogens is 1. The molecule has 1 saturated heterocycles. The fraction of sp³-hybridized carbons (Fsp3) is 0.316. The minimum atomic E-state index is -3.76. The second kappa shape index (κ2) is 8.76. The van der Waals surface area contributed by atoms with E-state index < -0.39 is 20.8 Å². The number of hydrogen-bond donors (Lipinski definition) is 0. The number of carbonyl (C=O) groups excluding carboxylic acids is 1. The number of sulfonamides is 1. The lowest BCUT2D eigenvalue weighted by Crippen LogP contribution is -2.51. The van der Waals surface area contributed by atoms with Gasteiger partial charge in [-0.3, -0.25) is 14.9 Å². The molecule has 2 aromatic rings. The first kappa shape index (κ1) is 21.7. The molecule has 1 aliphatic heterocycles. The van der Waals surface area contributed by atoms with Gasteiger partial charge in [-0.15, -0.1) is 0 Å². The summed E-state index contributed by atoms with van der Waals surface area (Å²) in [4.78, 5) is 24.2. The van der Waals surface area contributed by atoms with Crippen LogP contribution in [0.1, 0.15) is 5.56 Å². The average molecular weight is 437 g/mol. The van der Waals surface area contributed by atoms with Gasteiger partial charge in [-0.05, 0) is 43.3 Å². The summed E-state index contributed by atoms with van der Waals surface area (Å²) < 4.78 is 45.0. The first-order valence-electron chi connectivity index (χ1n) is 9.10. The van der Waals surface area contributed by atoms with Gasteiger partial charge in [0.2, 0.25) is 10.0 Å². The lowest BCUT2D eigenvalue weighted by atomic mass is 10.2. The smallest absolute Gasteiger partial charge is 0.272 e. The highest BCUT2D eigenvalue weighted by molar-refractivity contribution is 7.89. The van der Waals surface area contributed by atoms with Crippen molar-refractivity contribution in [2.24, 2.45) is 0 Å². The molecule has 0 saturated carbocycles. The highest BCUT2D eigenvalue weighted by atomic mass is 32.2. The van der Waals surface area contributed by atoms with Crippen LogP contribution >= 0.6 is 0 Å². The Hall–Kier alpha value is -3.05. The molecule has 11 heteroatoms. The summed E-state index contributed by atoms with van der Waals surface area (Å²) in [5.41, 5.74) is 0.386. The van der Waals surface area contributed by atoms with Crippen LogP contribution in [0.2, 0.25) is 0 Å². The van der Waals surface area contributed by atoms with E-state index in [0.717, 1.165) is 12.1 Å². The fourth-order valence-electron chi connectivity index (χ4n) is 3.09. The van der Waals surface area contributed by atoms with Gasteiger partial charge >= 0.3 is 0 Å². The van der Waals surface area contributed by atoms with Gasteiger partial charge in [0, 0.05) is 37.8 Å². The first-order chi connectivity index (χ1) is 14.2. The molecule has 30 heavy (non-hydrogen) atoms. The van der Waals surface area contributed by atoms with Crippen LogP contribution in [-0.4, -0.2) is 61.2 Å². The molecule has 160 valence electrons. The van der Waals surface area contributed by atoms with E-state index in [0.29, 0.717) is 11.3 Å². The molecule has 1 amide bonds. The van der Waals surface area contributed by atoms with Gasteiger partial charge in [0.1, 0.15) is 11.6 Å². The van der Waals surface area contributed by atoms with Crippen molar-refractivity contribution in [2.45, 2.75) is 11.8 Å². The van der Waals surface area contributed by atoms with Gasteiger partial charge in [-0.25, -0.2) is 12.8 Å². The highest BCUT2D eigenvalue weighted by Crippen LogP contribution is 2.23. The minimum Gasteiger partial charge on any atom is -0.484 e. The molecule has 0 radical (unpaired) electrons. The van der Waals surface area contributed by atoms with Crippen molar-refractivity contribution in [3.8, 4) is 5.75 Å². The van der Waals surface area contributed by atoms with Gasteiger partial charge in [0.05, 0.1) is 9.82 Å². The van der Waals surface area contributed by atoms with E-state index in [1.165, 1.54) is 39.5 Å². The van der Waals surface area contributed by atoms with Crippen LogP contribution < -0.4 is 4.74 Å². The molecular formula is C19H20FN3O6S. The van der Waals surface area contributed by atoms with Crippen molar-refractivity contribution >= 4 is 21.6 Å². The number of piperazine rings is 1. The minimum absolute atomic E-state index is 0.000510. The Labute approximate surface area is 172 Å². The third-order valence-corrected chi connectivity index (χ3v) is 6.68. The van der Waals surface area contributed by atoms with Crippen molar-refractivity contribution in [3.63, 3.8) is 0 Å². The zero-order valence-corrected chi connectivity index (χ0v) is 17.0. The van der Waals surface area contributed by atoms with E-state index in [9.17, 15) is 27.7 Å². The molecule has 1 fully saturated rings. The van der Waals surface area contributed by atoms with Gasteiger partial charge in [-0.2, -0.15) is 4.31 Å². The number of rotatable bonds is 6. The summed E-state index contributed by atoms with van der Waals surface area (Å²) in [7, 11) is -3.76. The Morgan fingerprint density at radius 3 is 2.33 bits per heavy atom. The highest BCUT2D eigenvalue weighted by Gasteiger charge is 2.30. The number of benzene rings is 2. The Kier molecular flexibility index (Phi) is 6.32. The first-order valence-corrected chi connectivity index (χ1v) is 10.5. The van der Waals surface area contributed by atoms with E-state index in [1.807, 2.05) is 0 Å². The molecule has 1 aliphatic rings. The summed E-state index contributed by atoms with van der Waals surface area (Å²) in [5.74, 6) is -0.499. The SMILES string of the molecule is Cc1cc(OCC(=O)N2CCN(S(=O)(=O)c3ccc(F)cc3)CC2)ccc1[N+](=O)[O-]. The molecule has 0 spiro atoms. The van der Waals surface area contributed by atoms with Gasteiger partial charge < -0.3 is 9.64 Å². The van der Waals surface area contributed by atoms with Crippen molar-refractivity contribution < 1.29 is 27.3 Å². The predicted molar refractivity (Wildman–Crippen MR) is 105 cm³/mol. The Bertz CT molecular complexity index is 1050. The summed E-state index contributed by atoms with van der Waals surface area (Å²) in [6.07, 6.45) is 0. The Morgan fingerprint density at radius 1 is 1.13 bits per heavy atom. The van der Waals surface area contributed by atoms with Crippen LogP contribution in [0.15, 0.2) is 47.4 Å². The summed E-state index contributed by atoms with van der Waals surface area (Å²) in [5, 5.41) is 10.8. The van der Waals surface area contributed by atoms with Gasteiger partial charge in [-0.1, -0.05) is 0 Å². The van der Waals surface area contributed by atoms with Crippen LogP contribution in [0, 0.1) is 22.9 Å². The quantitative estimate of drug-likeness (QED) is 0.505. The van der Waals surface area contributed by atoms with Gasteiger partial charge in [0.15, 0.2) is 6.61 Å². The zero-order chi connectivity index (χ0) is 21.9. The summed E-state index contributed by atoms with van der Waals surface area (Å²) in [6.45, 7) is 1.93. The molecule has 0 N–H and O–H groups in total. The Balaban J connectivity index is 1.54. The number of nitro groups is 1. The van der Waals surface area contributed by atoms with E-state index in [-0.39, 0.29) is 49.3 Å². The zero-order valence-electron chi connectivity index (χ0n) is 16.2. The molecule has 0 aromatic heterocycles. The molecule has 0 aliphatic carbocycles. The topological polar surface area (TPSA) is 110 Å². The number of nitro benzene ring substituents is 1. The average Bonchev–Trinajstić information content (AvgIpc) is 2.72. The molecule has 0 unspecified atom stereocenters. The largest absolute Gasteiger partial charge is 0.484 e. The lowest BCUT2D eigenvalue weighted by molar-refractivity contribution is -0.385. The van der Waals surface area contributed by atoms with Crippen LogP contribution in [-0.2, 0) is 14.8 Å². The Morgan fingerprint density at radius 2 is 1.77 bits per heavy atom. The maximum absolute atomic E-state index is 13.0. The van der Waals surface area contributed by atoms with Crippen molar-refractivity contribution in [1.82, 2.24) is 9.21 Å². The molecular weight excluding hydrogens is 417 g/mol. The van der Waals surface area contributed by atoms with Crippen molar-refractivity contribution in [3.05, 3.63) is 64.0 Å². The second-order valence-electron chi connectivity index (χ2n) is 6.73. The summed E-state index contributed by atoms with van der Waals surface area (Å²) >= 11 is 0. The number of aryl methyl sites for hydroxylation is 1. The third kappa shape index (κ3) is 4.74. The third-order valence-electron chi connectivity index (χ3n) is 4.77. The van der Waals surface area contributed by atoms with Crippen LogP contribution in [0.4, 0.5) is 10.1 Å². The van der Waals surface area contributed by atoms with E-state index in [4.69, 9.17) is 4.74 Å². The molecule has 0 atom stereocenters. The number of hydrogen-bond acceptors (Lipinski definition) is 6. The van der Waals surface area contributed by atoms with Crippen molar-refractivity contribution in [1.29, 1.82) is 0 Å². The van der Waals surface area contributed by atoms with Crippen molar-refractivity contribution in [2.75, 3.05) is 32.8 Å². The molecule has 2 aromatic carbocycles. The summed E-state index contributed by atoms with van der Waals surface area (Å²) in [6, 6.07) is 8.82. The van der Waals surface area contributed by atoms with E-state index in [2.05, 4.69) is 0 Å². The maximum atomic E-state index is 13.0. The van der Waals surface area contributed by atoms with Crippen LogP contribution in [0.25, 0.3) is 0 Å².